The normalized spacial score (nSPS) is 12.8. The van der Waals surface area contributed by atoms with Crippen LogP contribution < -0.4 is 26.2 Å². The molecule has 0 N–H and O–H groups in total. The van der Waals surface area contributed by atoms with Crippen LogP contribution in [0.15, 0.2) is 271 Å². The maximum atomic E-state index is 6.74. The molecule has 406 valence electrons. The zero-order chi connectivity index (χ0) is 56.9. The van der Waals surface area contributed by atoms with Crippen LogP contribution in [0.3, 0.4) is 0 Å². The number of nitrogens with zero attached hydrogens (tertiary/aromatic N) is 3. The van der Waals surface area contributed by atoms with Gasteiger partial charge in [0.2, 0.25) is 0 Å². The van der Waals surface area contributed by atoms with Gasteiger partial charge in [0.1, 0.15) is 11.2 Å². The number of aryl methyl sites for hydroxylation is 1. The van der Waals surface area contributed by atoms with E-state index >= 15 is 0 Å². The monoisotopic (exact) mass is 1090 g/mol. The lowest BCUT2D eigenvalue weighted by molar-refractivity contribution is 0.590. The molecular formula is C80H62BN3O. The molecule has 2 aliphatic heterocycles. The molecule has 0 spiro atoms. The van der Waals surface area contributed by atoms with Gasteiger partial charge >= 0.3 is 0 Å². The van der Waals surface area contributed by atoms with E-state index in [1.807, 2.05) is 0 Å². The molecule has 2 aromatic heterocycles. The van der Waals surface area contributed by atoms with Gasteiger partial charge in [0, 0.05) is 61.1 Å². The van der Waals surface area contributed by atoms with Crippen LogP contribution in [0, 0.1) is 0 Å². The van der Waals surface area contributed by atoms with E-state index in [2.05, 4.69) is 309 Å². The van der Waals surface area contributed by atoms with E-state index in [0.717, 1.165) is 86.1 Å². The summed E-state index contributed by atoms with van der Waals surface area (Å²) >= 11 is 0. The predicted octanol–water partition coefficient (Wildman–Crippen LogP) is 20.1. The Labute approximate surface area is 497 Å². The first kappa shape index (κ1) is 50.6. The van der Waals surface area contributed by atoms with Crippen molar-refractivity contribution in [2.75, 3.05) is 9.80 Å². The average Bonchev–Trinajstić information content (AvgIpc) is 1.23. The van der Waals surface area contributed by atoms with Gasteiger partial charge in [-0.25, -0.2) is 0 Å². The zero-order valence-corrected chi connectivity index (χ0v) is 48.4. The molecule has 12 aromatic carbocycles. The summed E-state index contributed by atoms with van der Waals surface area (Å²) < 4.78 is 9.22. The molecule has 0 atom stereocenters. The number of unbranched alkanes of at least 4 members (excludes halogenated alkanes) is 1. The van der Waals surface area contributed by atoms with E-state index in [4.69, 9.17) is 4.42 Å². The third-order valence-electron chi connectivity index (χ3n) is 18.1. The fourth-order valence-corrected chi connectivity index (χ4v) is 14.0. The second-order valence-electron chi connectivity index (χ2n) is 24.2. The van der Waals surface area contributed by atoms with E-state index in [1.54, 1.807) is 0 Å². The summed E-state index contributed by atoms with van der Waals surface area (Å²) in [7, 11) is 0. The molecule has 0 aliphatic carbocycles. The van der Waals surface area contributed by atoms with Crippen molar-refractivity contribution in [3.8, 4) is 50.2 Å². The van der Waals surface area contributed by atoms with Crippen LogP contribution >= 0.6 is 0 Å². The lowest BCUT2D eigenvalue weighted by atomic mass is 9.33. The summed E-state index contributed by atoms with van der Waals surface area (Å²) in [5.74, 6) is 0. The standard InChI is InChI=1S/C80H62BN3O/c1-5-6-25-57-47-77-66(63-36-21-24-39-76(63)85-77)51-72(57)83-71-43-40-56(52-26-11-7-12-27-52)46-68(71)81-67-42-41-60(82-69-37-22-19-34-61(69)62-35-20-23-38-70(62)82)50-73(67)84(75-49-59(80(2,3)4)48-74(83)78(75)81)79-64(54-30-15-9-16-31-54)44-58(53-28-13-8-14-29-53)45-65(79)55-32-17-10-18-33-55/h7-24,26-51H,5-6,25H2,1-4H3. The van der Waals surface area contributed by atoms with Crippen molar-refractivity contribution in [2.24, 2.45) is 0 Å². The van der Waals surface area contributed by atoms with E-state index in [9.17, 15) is 0 Å². The van der Waals surface area contributed by atoms with E-state index in [0.29, 0.717) is 0 Å². The second-order valence-corrected chi connectivity index (χ2v) is 24.2. The van der Waals surface area contributed by atoms with Gasteiger partial charge in [0.25, 0.3) is 6.71 Å². The largest absolute Gasteiger partial charge is 0.456 e. The van der Waals surface area contributed by atoms with Gasteiger partial charge in [0.05, 0.1) is 22.4 Å². The van der Waals surface area contributed by atoms with Crippen LogP contribution in [-0.2, 0) is 11.8 Å². The number of para-hydroxylation sites is 3. The van der Waals surface area contributed by atoms with E-state index in [-0.39, 0.29) is 12.1 Å². The molecule has 16 rings (SSSR count). The van der Waals surface area contributed by atoms with E-state index in [1.165, 1.54) is 88.8 Å². The van der Waals surface area contributed by atoms with Crippen LogP contribution in [0.1, 0.15) is 51.7 Å². The third-order valence-corrected chi connectivity index (χ3v) is 18.1. The number of fused-ring (bicyclic) bond motifs is 10. The summed E-state index contributed by atoms with van der Waals surface area (Å²) in [5, 5.41) is 4.72. The maximum Gasteiger partial charge on any atom is 0.252 e. The Morgan fingerprint density at radius 1 is 0.388 bits per heavy atom. The fourth-order valence-electron chi connectivity index (χ4n) is 14.0. The molecule has 0 saturated carbocycles. The Kier molecular flexibility index (Phi) is 12.0. The number of furan rings is 1. The molecule has 0 radical (unpaired) electrons. The van der Waals surface area contributed by atoms with Crippen LogP contribution in [0.5, 0.6) is 0 Å². The first-order valence-corrected chi connectivity index (χ1v) is 30.2. The van der Waals surface area contributed by atoms with Crippen LogP contribution in [-0.4, -0.2) is 11.3 Å². The molecule has 2 aliphatic rings. The van der Waals surface area contributed by atoms with Crippen molar-refractivity contribution in [3.63, 3.8) is 0 Å². The zero-order valence-electron chi connectivity index (χ0n) is 48.4. The minimum atomic E-state index is -0.252. The Morgan fingerprint density at radius 3 is 1.55 bits per heavy atom. The van der Waals surface area contributed by atoms with Crippen molar-refractivity contribution in [1.29, 1.82) is 0 Å². The highest BCUT2D eigenvalue weighted by molar-refractivity contribution is 7.00. The van der Waals surface area contributed by atoms with Crippen LogP contribution in [0.25, 0.3) is 93.9 Å². The van der Waals surface area contributed by atoms with Gasteiger partial charge in [-0.05, 0) is 152 Å². The van der Waals surface area contributed by atoms with Crippen molar-refractivity contribution in [2.45, 2.75) is 52.4 Å². The first-order chi connectivity index (χ1) is 41.8. The molecule has 4 heterocycles. The number of hydrogen-bond acceptors (Lipinski definition) is 3. The predicted molar refractivity (Wildman–Crippen MR) is 361 cm³/mol. The Hall–Kier alpha value is -10.1. The molecule has 0 bridgehead atoms. The van der Waals surface area contributed by atoms with Crippen molar-refractivity contribution < 1.29 is 4.42 Å². The third kappa shape index (κ3) is 8.27. The number of benzene rings is 12. The Balaban J connectivity index is 1.08. The van der Waals surface area contributed by atoms with Gasteiger partial charge in [-0.15, -0.1) is 0 Å². The molecule has 5 heteroatoms. The summed E-state index contributed by atoms with van der Waals surface area (Å²) in [5.41, 5.74) is 27.7. The topological polar surface area (TPSA) is 24.6 Å². The Morgan fingerprint density at radius 2 is 0.941 bits per heavy atom. The average molecular weight is 1090 g/mol. The molecule has 0 amide bonds. The first-order valence-electron chi connectivity index (χ1n) is 30.2. The lowest BCUT2D eigenvalue weighted by Gasteiger charge is -2.46. The van der Waals surface area contributed by atoms with E-state index < -0.39 is 0 Å². The SMILES string of the molecule is CCCCc1cc2oc3ccccc3c2cc1N1c2ccc(-c3ccccc3)cc2B2c3ccc(-n4c5ccccc5c5ccccc54)cc3N(c3c(-c4ccccc4)cc(-c4ccccc4)cc3-c3ccccc3)c3cc(C(C)(C)C)cc1c32. The molecule has 0 unspecified atom stereocenters. The number of anilines is 6. The molecule has 4 nitrogen and oxygen atoms in total. The van der Waals surface area contributed by atoms with Gasteiger partial charge in [-0.3, -0.25) is 0 Å². The highest BCUT2D eigenvalue weighted by atomic mass is 16.3. The number of rotatable bonds is 10. The highest BCUT2D eigenvalue weighted by Crippen LogP contribution is 2.53. The molecule has 14 aromatic rings. The maximum absolute atomic E-state index is 6.74. The minimum absolute atomic E-state index is 0.158. The molecule has 85 heavy (non-hydrogen) atoms. The summed E-state index contributed by atoms with van der Waals surface area (Å²) in [6, 6.07) is 99.9. The van der Waals surface area contributed by atoms with Crippen molar-refractivity contribution in [1.82, 2.24) is 4.57 Å². The lowest BCUT2D eigenvalue weighted by Crippen LogP contribution is -2.61. The van der Waals surface area contributed by atoms with Crippen LogP contribution in [0.4, 0.5) is 34.1 Å². The van der Waals surface area contributed by atoms with Gasteiger partial charge < -0.3 is 18.8 Å². The Bertz CT molecular complexity index is 4810. The summed E-state index contributed by atoms with van der Waals surface area (Å²) in [4.78, 5) is 5.36. The smallest absolute Gasteiger partial charge is 0.252 e. The molecule has 0 saturated heterocycles. The summed E-state index contributed by atoms with van der Waals surface area (Å²) in [6.45, 7) is 9.28. The summed E-state index contributed by atoms with van der Waals surface area (Å²) in [6.07, 6.45) is 3.03. The second kappa shape index (κ2) is 20.1. The minimum Gasteiger partial charge on any atom is -0.456 e. The van der Waals surface area contributed by atoms with Gasteiger partial charge in [0.15, 0.2) is 0 Å². The molecule has 0 fully saturated rings. The number of hydrogen-bond donors (Lipinski definition) is 0. The number of aromatic nitrogens is 1. The van der Waals surface area contributed by atoms with Gasteiger partial charge in [-0.2, -0.15) is 0 Å². The van der Waals surface area contributed by atoms with Gasteiger partial charge in [-0.1, -0.05) is 228 Å². The fraction of sp³-hybridized carbons (Fsp3) is 0.100. The highest BCUT2D eigenvalue weighted by Gasteiger charge is 2.46. The van der Waals surface area contributed by atoms with Crippen LogP contribution in [0.2, 0.25) is 0 Å². The quantitative estimate of drug-likeness (QED) is 0.128. The molecular weight excluding hydrogens is 1030 g/mol. The van der Waals surface area contributed by atoms with Crippen molar-refractivity contribution >= 4 is 101 Å². The van der Waals surface area contributed by atoms with Crippen molar-refractivity contribution in [3.05, 3.63) is 278 Å².